The molecule has 254 valence electrons. The lowest BCUT2D eigenvalue weighted by Gasteiger charge is -2.45. The predicted octanol–water partition coefficient (Wildman–Crippen LogP) is 6.30. The van der Waals surface area contributed by atoms with E-state index in [2.05, 4.69) is 32.5 Å². The van der Waals surface area contributed by atoms with Crippen LogP contribution in [0.4, 0.5) is 24.8 Å². The van der Waals surface area contributed by atoms with Gasteiger partial charge in [-0.3, -0.25) is 9.59 Å². The van der Waals surface area contributed by atoms with Crippen molar-refractivity contribution in [3.8, 4) is 5.75 Å². The fraction of sp³-hybridized carbons (Fsp3) is 0.500. The summed E-state index contributed by atoms with van der Waals surface area (Å²) in [6.45, 7) is 2.26. The van der Waals surface area contributed by atoms with Crippen molar-refractivity contribution in [2.45, 2.75) is 75.5 Å². The largest absolute Gasteiger partial charge is 0.495 e. The van der Waals surface area contributed by atoms with Crippen LogP contribution in [0.5, 0.6) is 5.75 Å². The van der Waals surface area contributed by atoms with E-state index in [1.807, 2.05) is 6.07 Å². The van der Waals surface area contributed by atoms with E-state index in [0.717, 1.165) is 63.4 Å². The van der Waals surface area contributed by atoms with Crippen molar-refractivity contribution in [2.75, 3.05) is 39.6 Å². The summed E-state index contributed by atoms with van der Waals surface area (Å²) in [7, 11) is 5.37. The van der Waals surface area contributed by atoms with Crippen LogP contribution >= 0.6 is 0 Å². The molecule has 2 amide bonds. The smallest absolute Gasteiger partial charge is 0.419 e. The number of halogens is 3. The van der Waals surface area contributed by atoms with E-state index in [0.29, 0.717) is 33.5 Å². The summed E-state index contributed by atoms with van der Waals surface area (Å²) >= 11 is 0. The highest BCUT2D eigenvalue weighted by atomic mass is 19.4. The molecule has 0 bridgehead atoms. The van der Waals surface area contributed by atoms with Gasteiger partial charge in [-0.15, -0.1) is 0 Å². The van der Waals surface area contributed by atoms with E-state index in [1.54, 1.807) is 42.3 Å². The molecule has 2 spiro atoms. The Morgan fingerprint density at radius 1 is 1.04 bits per heavy atom. The van der Waals surface area contributed by atoms with Gasteiger partial charge in [0.2, 0.25) is 5.95 Å². The molecule has 2 aliphatic heterocycles. The molecule has 1 saturated heterocycles. The average Bonchev–Trinajstić information content (AvgIpc) is 3.85. The first-order valence-corrected chi connectivity index (χ1v) is 16.7. The molecule has 3 heterocycles. The zero-order valence-electron chi connectivity index (χ0n) is 27.5. The van der Waals surface area contributed by atoms with Crippen molar-refractivity contribution >= 4 is 23.5 Å². The second kappa shape index (κ2) is 12.0. The summed E-state index contributed by atoms with van der Waals surface area (Å²) < 4.78 is 48.0. The predicted molar refractivity (Wildman–Crippen MR) is 174 cm³/mol. The van der Waals surface area contributed by atoms with Crippen molar-refractivity contribution in [3.05, 3.63) is 76.1 Å². The Balaban J connectivity index is 1.07. The first-order valence-electron chi connectivity index (χ1n) is 16.7. The maximum atomic E-state index is 14.1. The van der Waals surface area contributed by atoms with Crippen LogP contribution in [-0.4, -0.2) is 71.9 Å². The number of nitrogens with one attached hydrogen (secondary N) is 2. The molecule has 2 aromatic carbocycles. The molecule has 7 rings (SSSR count). The maximum absolute atomic E-state index is 14.1. The Morgan fingerprint density at radius 2 is 1.77 bits per heavy atom. The van der Waals surface area contributed by atoms with Crippen LogP contribution < -0.4 is 15.4 Å². The number of anilines is 2. The van der Waals surface area contributed by atoms with Crippen molar-refractivity contribution in [1.29, 1.82) is 0 Å². The number of carbonyl (C=O) groups is 2. The number of methoxy groups -OCH3 is 1. The topological polar surface area (TPSA) is 99.7 Å². The van der Waals surface area contributed by atoms with Crippen LogP contribution in [0.2, 0.25) is 0 Å². The lowest BCUT2D eigenvalue weighted by molar-refractivity contribution is -0.138. The zero-order valence-corrected chi connectivity index (χ0v) is 27.5. The van der Waals surface area contributed by atoms with Crippen LogP contribution in [0.15, 0.2) is 42.6 Å². The minimum atomic E-state index is -4.69. The Kier molecular flexibility index (Phi) is 8.12. The Bertz CT molecular complexity index is 1740. The number of carbonyl (C=O) groups excluding carboxylic acids is 2. The number of alkyl halides is 3. The quantitative estimate of drug-likeness (QED) is 0.307. The number of ether oxygens (including phenoxy) is 1. The molecule has 2 N–H and O–H groups in total. The van der Waals surface area contributed by atoms with Crippen LogP contribution in [0.1, 0.15) is 94.5 Å². The number of benzene rings is 2. The first-order chi connectivity index (χ1) is 22.9. The summed E-state index contributed by atoms with van der Waals surface area (Å²) in [5.74, 6) is -0.113. The Hall–Kier alpha value is -4.19. The summed E-state index contributed by atoms with van der Waals surface area (Å²) in [6, 6.07) is 10.4. The molecule has 12 heteroatoms. The van der Waals surface area contributed by atoms with Crippen molar-refractivity contribution in [3.63, 3.8) is 0 Å². The Morgan fingerprint density at radius 3 is 2.44 bits per heavy atom. The standard InChI is InChI=1S/C36H41F3N6O3/c1-44-17-15-34(16-18-44)11-9-24(10-12-34)41-31(46)23-7-8-27(29(20-23)48-3)42-33-40-21-26(36(37,38)39)28(43-33)19-22-5-4-6-25-30(22)32(47)45(2)35(25)13-14-35/h4-8,20-21,24H,9-19H2,1-3H3,(H,41,46)(H,40,42,43). The van der Waals surface area contributed by atoms with Gasteiger partial charge in [0, 0.05) is 36.8 Å². The zero-order chi connectivity index (χ0) is 33.8. The van der Waals surface area contributed by atoms with Crippen LogP contribution in [0.25, 0.3) is 0 Å². The molecule has 0 atom stereocenters. The van der Waals surface area contributed by atoms with Crippen molar-refractivity contribution in [1.82, 2.24) is 25.1 Å². The Labute approximate surface area is 278 Å². The van der Waals surface area contributed by atoms with E-state index in [4.69, 9.17) is 4.74 Å². The third-order valence-corrected chi connectivity index (χ3v) is 11.2. The van der Waals surface area contributed by atoms with E-state index < -0.39 is 11.7 Å². The SMILES string of the molecule is COc1cc(C(=O)NC2CCC3(CC2)CCN(C)CC3)ccc1Nc1ncc(C(F)(F)F)c(Cc2cccc3c2C(=O)N(C)C32CC2)n1. The molecule has 4 aliphatic rings. The second-order valence-corrected chi connectivity index (χ2v) is 14.1. The third-order valence-electron chi connectivity index (χ3n) is 11.2. The number of rotatable bonds is 7. The van der Waals surface area contributed by atoms with E-state index in [-0.39, 0.29) is 41.5 Å². The van der Waals surface area contributed by atoms with E-state index in [9.17, 15) is 22.8 Å². The highest BCUT2D eigenvalue weighted by molar-refractivity contribution is 6.02. The number of fused-ring (bicyclic) bond motifs is 2. The molecule has 2 aliphatic carbocycles. The highest BCUT2D eigenvalue weighted by Gasteiger charge is 2.56. The molecule has 1 aromatic heterocycles. The number of piperidine rings is 1. The van der Waals surface area contributed by atoms with E-state index in [1.165, 1.54) is 20.0 Å². The van der Waals surface area contributed by atoms with Gasteiger partial charge in [-0.2, -0.15) is 13.2 Å². The van der Waals surface area contributed by atoms with Gasteiger partial charge < -0.3 is 25.2 Å². The van der Waals surface area contributed by atoms with Gasteiger partial charge in [0.05, 0.1) is 29.6 Å². The molecule has 9 nitrogen and oxygen atoms in total. The minimum absolute atomic E-state index is 0.0618. The molecule has 3 aromatic rings. The van der Waals surface area contributed by atoms with Crippen molar-refractivity contribution < 1.29 is 27.5 Å². The van der Waals surface area contributed by atoms with Gasteiger partial charge in [-0.05, 0) is 106 Å². The molecular weight excluding hydrogens is 621 g/mol. The number of nitrogens with zero attached hydrogens (tertiary/aromatic N) is 4. The van der Waals surface area contributed by atoms with Crippen LogP contribution in [0, 0.1) is 5.41 Å². The number of hydrogen-bond acceptors (Lipinski definition) is 7. The number of likely N-dealkylation sites (tertiary alicyclic amines) is 1. The summed E-state index contributed by atoms with van der Waals surface area (Å²) in [4.78, 5) is 38.8. The van der Waals surface area contributed by atoms with Gasteiger partial charge in [0.25, 0.3) is 11.8 Å². The number of amides is 2. The third kappa shape index (κ3) is 5.88. The van der Waals surface area contributed by atoms with Gasteiger partial charge in [-0.1, -0.05) is 18.2 Å². The summed E-state index contributed by atoms with van der Waals surface area (Å²) in [6.07, 6.45) is 4.13. The van der Waals surface area contributed by atoms with Crippen LogP contribution in [-0.2, 0) is 18.1 Å². The molecule has 2 saturated carbocycles. The monoisotopic (exact) mass is 662 g/mol. The van der Waals surface area contributed by atoms with Gasteiger partial charge >= 0.3 is 6.18 Å². The van der Waals surface area contributed by atoms with Crippen molar-refractivity contribution in [2.24, 2.45) is 5.41 Å². The second-order valence-electron chi connectivity index (χ2n) is 14.1. The summed E-state index contributed by atoms with van der Waals surface area (Å²) in [5, 5.41) is 6.16. The lowest BCUT2D eigenvalue weighted by atomic mass is 9.67. The lowest BCUT2D eigenvalue weighted by Crippen LogP contribution is -2.44. The van der Waals surface area contributed by atoms with E-state index >= 15 is 0 Å². The molecular formula is C36H41F3N6O3. The molecule has 48 heavy (non-hydrogen) atoms. The van der Waals surface area contributed by atoms with Crippen LogP contribution in [0.3, 0.4) is 0 Å². The fourth-order valence-corrected chi connectivity index (χ4v) is 7.98. The molecule has 0 unspecified atom stereocenters. The normalized spacial score (nSPS) is 20.2. The average molecular weight is 663 g/mol. The van der Waals surface area contributed by atoms with Gasteiger partial charge in [0.1, 0.15) is 5.75 Å². The minimum Gasteiger partial charge on any atom is -0.495 e. The van der Waals surface area contributed by atoms with Gasteiger partial charge in [0.15, 0.2) is 0 Å². The number of aromatic nitrogens is 2. The molecule has 0 radical (unpaired) electrons. The summed E-state index contributed by atoms with van der Waals surface area (Å²) in [5.41, 5.74) is 1.49. The highest BCUT2D eigenvalue weighted by Crippen LogP contribution is 2.56. The maximum Gasteiger partial charge on any atom is 0.419 e. The first kappa shape index (κ1) is 32.4. The number of hydrogen-bond donors (Lipinski definition) is 2. The fourth-order valence-electron chi connectivity index (χ4n) is 7.98. The molecule has 3 fully saturated rings. The van der Waals surface area contributed by atoms with Gasteiger partial charge in [-0.25, -0.2) is 9.97 Å².